The van der Waals surface area contributed by atoms with Crippen molar-refractivity contribution in [3.63, 3.8) is 0 Å². The Hall–Kier alpha value is -3.29. The van der Waals surface area contributed by atoms with Crippen molar-refractivity contribution in [3.05, 3.63) is 92.4 Å². The highest BCUT2D eigenvalue weighted by Crippen LogP contribution is 2.34. The van der Waals surface area contributed by atoms with Crippen LogP contribution in [0.5, 0.6) is 0 Å². The molecule has 1 amide bonds. The molecule has 0 saturated carbocycles. The molecular formula is C28H21Cl2F3N4OS. The van der Waals surface area contributed by atoms with Crippen LogP contribution in [-0.4, -0.2) is 33.8 Å². The minimum Gasteiger partial charge on any atom is -0.283 e. The fourth-order valence-electron chi connectivity index (χ4n) is 4.13. The van der Waals surface area contributed by atoms with E-state index in [4.69, 9.17) is 23.2 Å². The van der Waals surface area contributed by atoms with Gasteiger partial charge in [-0.25, -0.2) is 9.69 Å². The second-order valence-electron chi connectivity index (χ2n) is 8.90. The highest BCUT2D eigenvalue weighted by Gasteiger charge is 2.29. The fraction of sp³-hybridized carbons (Fsp3) is 0.214. The van der Waals surface area contributed by atoms with E-state index < -0.39 is 11.7 Å². The lowest BCUT2D eigenvalue weighted by Crippen LogP contribution is -2.45. The third kappa shape index (κ3) is 6.48. The molecule has 3 heterocycles. The number of hydrazine groups is 1. The van der Waals surface area contributed by atoms with Crippen LogP contribution in [0.1, 0.15) is 45.8 Å². The summed E-state index contributed by atoms with van der Waals surface area (Å²) in [5.41, 5.74) is 4.10. The molecule has 0 radical (unpaired) electrons. The number of carbonyl (C=O) groups is 1. The van der Waals surface area contributed by atoms with E-state index in [1.807, 2.05) is 17.1 Å². The normalized spacial score (nSPS) is 14.1. The van der Waals surface area contributed by atoms with Gasteiger partial charge in [0.15, 0.2) is 5.69 Å². The summed E-state index contributed by atoms with van der Waals surface area (Å²) < 4.78 is 40.1. The Balaban J connectivity index is 1.45. The molecule has 0 bridgehead atoms. The van der Waals surface area contributed by atoms with Crippen LogP contribution in [-0.2, 0) is 6.18 Å². The van der Waals surface area contributed by atoms with Crippen LogP contribution in [0.15, 0.2) is 60.7 Å². The first-order valence-electron chi connectivity index (χ1n) is 12.1. The van der Waals surface area contributed by atoms with Gasteiger partial charge >= 0.3 is 6.18 Å². The molecule has 200 valence electrons. The van der Waals surface area contributed by atoms with Crippen molar-refractivity contribution < 1.29 is 18.0 Å². The van der Waals surface area contributed by atoms with E-state index in [1.54, 1.807) is 28.9 Å². The van der Waals surface area contributed by atoms with Gasteiger partial charge in [0, 0.05) is 23.7 Å². The van der Waals surface area contributed by atoms with Crippen LogP contribution in [0.3, 0.4) is 0 Å². The largest absolute Gasteiger partial charge is 0.416 e. The van der Waals surface area contributed by atoms with E-state index in [-0.39, 0.29) is 11.6 Å². The lowest BCUT2D eigenvalue weighted by Gasteiger charge is -2.26. The molecule has 0 aliphatic carbocycles. The van der Waals surface area contributed by atoms with E-state index in [2.05, 4.69) is 22.4 Å². The zero-order valence-electron chi connectivity index (χ0n) is 20.4. The maximum atomic E-state index is 13.1. The molecule has 0 unspecified atom stereocenters. The summed E-state index contributed by atoms with van der Waals surface area (Å²) in [4.78, 5) is 14.5. The van der Waals surface area contributed by atoms with E-state index in [9.17, 15) is 18.0 Å². The molecule has 1 saturated heterocycles. The average Bonchev–Trinajstić information content (AvgIpc) is 3.55. The number of benzene rings is 2. The fourth-order valence-corrected chi connectivity index (χ4v) is 5.48. The van der Waals surface area contributed by atoms with Gasteiger partial charge in [-0.1, -0.05) is 41.5 Å². The monoisotopic (exact) mass is 588 g/mol. The minimum atomic E-state index is -4.39. The highest BCUT2D eigenvalue weighted by molar-refractivity contribution is 7.16. The van der Waals surface area contributed by atoms with Gasteiger partial charge < -0.3 is 0 Å². The summed E-state index contributed by atoms with van der Waals surface area (Å²) in [6.45, 7) is 1.57. The van der Waals surface area contributed by atoms with Crippen molar-refractivity contribution in [2.75, 3.05) is 13.1 Å². The molecule has 5 rings (SSSR count). The van der Waals surface area contributed by atoms with Crippen molar-refractivity contribution in [2.24, 2.45) is 0 Å². The van der Waals surface area contributed by atoms with Gasteiger partial charge in [-0.3, -0.25) is 10.2 Å². The molecule has 11 heteroatoms. The number of hydrogen-bond acceptors (Lipinski definition) is 4. The maximum Gasteiger partial charge on any atom is 0.416 e. The van der Waals surface area contributed by atoms with Crippen molar-refractivity contribution in [1.82, 2.24) is 20.2 Å². The number of halogens is 5. The first kappa shape index (κ1) is 27.3. The molecule has 1 aliphatic heterocycles. The lowest BCUT2D eigenvalue weighted by molar-refractivity contribution is -0.137. The maximum absolute atomic E-state index is 13.1. The Labute approximate surface area is 237 Å². The summed E-state index contributed by atoms with van der Waals surface area (Å²) in [7, 11) is 0. The van der Waals surface area contributed by atoms with Crippen LogP contribution >= 0.6 is 34.5 Å². The van der Waals surface area contributed by atoms with Crippen molar-refractivity contribution in [1.29, 1.82) is 0 Å². The number of alkyl halides is 3. The number of nitrogens with one attached hydrogen (secondary N) is 1. The molecule has 2 aromatic carbocycles. The summed E-state index contributed by atoms with van der Waals surface area (Å²) in [5.74, 6) is 5.58. The third-order valence-corrected chi connectivity index (χ3v) is 7.66. The SMILES string of the molecule is O=C(NN1CCCCC1)c1cc(-c2ccc(C#Cc3ccc(C(F)(F)F)cc3)s2)n(-c2ccc(Cl)cc2Cl)n1. The topological polar surface area (TPSA) is 50.2 Å². The van der Waals surface area contributed by atoms with Gasteiger partial charge in [0.1, 0.15) is 0 Å². The number of piperidine rings is 1. The summed E-state index contributed by atoms with van der Waals surface area (Å²) in [6.07, 6.45) is -1.21. The number of amides is 1. The molecule has 39 heavy (non-hydrogen) atoms. The molecule has 0 spiro atoms. The number of rotatable bonds is 4. The number of thiophene rings is 1. The number of carbonyl (C=O) groups excluding carboxylic acids is 1. The Kier molecular flexibility index (Phi) is 8.01. The van der Waals surface area contributed by atoms with Crippen molar-refractivity contribution >= 4 is 40.4 Å². The Morgan fingerprint density at radius 3 is 2.38 bits per heavy atom. The van der Waals surface area contributed by atoms with Gasteiger partial charge in [-0.2, -0.15) is 18.3 Å². The minimum absolute atomic E-state index is 0.229. The van der Waals surface area contributed by atoms with Crippen LogP contribution < -0.4 is 5.43 Å². The first-order chi connectivity index (χ1) is 18.7. The van der Waals surface area contributed by atoms with Gasteiger partial charge in [0.25, 0.3) is 5.91 Å². The molecule has 4 aromatic rings. The van der Waals surface area contributed by atoms with Crippen LogP contribution in [0.2, 0.25) is 10.0 Å². The predicted octanol–water partition coefficient (Wildman–Crippen LogP) is 7.46. The van der Waals surface area contributed by atoms with E-state index in [1.165, 1.54) is 23.5 Å². The molecular weight excluding hydrogens is 568 g/mol. The Morgan fingerprint density at radius 2 is 1.69 bits per heavy atom. The van der Waals surface area contributed by atoms with E-state index >= 15 is 0 Å². The summed E-state index contributed by atoms with van der Waals surface area (Å²) >= 11 is 13.9. The smallest absolute Gasteiger partial charge is 0.283 e. The molecule has 2 aromatic heterocycles. The van der Waals surface area contributed by atoms with Gasteiger partial charge in [-0.05, 0) is 73.5 Å². The van der Waals surface area contributed by atoms with E-state index in [0.29, 0.717) is 31.9 Å². The molecule has 1 aliphatic rings. The van der Waals surface area contributed by atoms with Gasteiger partial charge in [-0.15, -0.1) is 11.3 Å². The number of hydrogen-bond donors (Lipinski definition) is 1. The van der Waals surface area contributed by atoms with Crippen LogP contribution in [0, 0.1) is 11.8 Å². The first-order valence-corrected chi connectivity index (χ1v) is 13.7. The Bertz CT molecular complexity index is 1560. The van der Waals surface area contributed by atoms with E-state index in [0.717, 1.165) is 49.4 Å². The highest BCUT2D eigenvalue weighted by atomic mass is 35.5. The molecule has 0 atom stereocenters. The lowest BCUT2D eigenvalue weighted by atomic mass is 10.1. The second-order valence-corrected chi connectivity index (χ2v) is 10.8. The molecule has 1 N–H and O–H groups in total. The molecule has 5 nitrogen and oxygen atoms in total. The zero-order valence-corrected chi connectivity index (χ0v) is 22.7. The average molecular weight is 589 g/mol. The quantitative estimate of drug-likeness (QED) is 0.252. The number of aromatic nitrogens is 2. The van der Waals surface area contributed by atoms with Crippen molar-refractivity contribution in [2.45, 2.75) is 25.4 Å². The Morgan fingerprint density at radius 1 is 0.949 bits per heavy atom. The third-order valence-electron chi connectivity index (χ3n) is 6.10. The zero-order chi connectivity index (χ0) is 27.6. The van der Waals surface area contributed by atoms with Crippen LogP contribution in [0.4, 0.5) is 13.2 Å². The summed E-state index contributed by atoms with van der Waals surface area (Å²) in [5, 5.41) is 7.31. The van der Waals surface area contributed by atoms with Crippen LogP contribution in [0.25, 0.3) is 16.3 Å². The van der Waals surface area contributed by atoms with Crippen molar-refractivity contribution in [3.8, 4) is 28.1 Å². The molecule has 1 fully saturated rings. The standard InChI is InChI=1S/C28H21Cl2F3N4OS/c29-20-9-12-24(22(30)16-20)37-25(17-23(34-37)27(38)35-36-14-2-1-3-15-36)26-13-11-21(39-26)10-6-18-4-7-19(8-5-18)28(31,32)33/h4-5,7-9,11-13,16-17H,1-3,14-15H2,(H,35,38). The number of nitrogens with zero attached hydrogens (tertiary/aromatic N) is 3. The van der Waals surface area contributed by atoms with Gasteiger partial charge in [0.05, 0.1) is 31.7 Å². The summed E-state index contributed by atoms with van der Waals surface area (Å²) in [6, 6.07) is 15.1. The van der Waals surface area contributed by atoms with Gasteiger partial charge in [0.2, 0.25) is 0 Å². The predicted molar refractivity (Wildman–Crippen MR) is 147 cm³/mol. The second kappa shape index (κ2) is 11.4.